The van der Waals surface area contributed by atoms with Crippen molar-refractivity contribution < 1.29 is 4.74 Å². The number of methoxy groups -OCH3 is 1. The third-order valence-corrected chi connectivity index (χ3v) is 3.25. The molecule has 0 fully saturated rings. The zero-order valence-electron chi connectivity index (χ0n) is 7.10. The zero-order valence-corrected chi connectivity index (χ0v) is 8.81. The average molecular weight is 239 g/mol. The Morgan fingerprint density at radius 1 is 1.23 bits per heavy atom. The van der Waals surface area contributed by atoms with Gasteiger partial charge in [-0.3, -0.25) is 0 Å². The number of aromatic nitrogens is 2. The molecule has 4 heteroatoms. The van der Waals surface area contributed by atoms with Crippen molar-refractivity contribution in [2.24, 2.45) is 0 Å². The molecule has 2 aromatic rings. The zero-order chi connectivity index (χ0) is 9.10. The SMILES string of the molecule is COc1ccc(-c2nnc[se]2)cc1. The molecule has 0 saturated carbocycles. The van der Waals surface area contributed by atoms with Gasteiger partial charge in [-0.2, -0.15) is 0 Å². The van der Waals surface area contributed by atoms with Crippen LogP contribution < -0.4 is 4.74 Å². The molecule has 0 bridgehead atoms. The number of hydrogen-bond donors (Lipinski definition) is 0. The van der Waals surface area contributed by atoms with Crippen LogP contribution in [0.15, 0.2) is 29.3 Å². The Balaban J connectivity index is 2.33. The molecule has 1 aromatic carbocycles. The van der Waals surface area contributed by atoms with Crippen molar-refractivity contribution in [3.8, 4) is 15.9 Å². The summed E-state index contributed by atoms with van der Waals surface area (Å²) in [5, 5.41) is 9.75. The van der Waals surface area contributed by atoms with Gasteiger partial charge in [0.05, 0.1) is 0 Å². The first-order valence-electron chi connectivity index (χ1n) is 3.81. The number of nitrogens with zero attached hydrogens (tertiary/aromatic N) is 2. The van der Waals surface area contributed by atoms with Crippen LogP contribution >= 0.6 is 0 Å². The third-order valence-electron chi connectivity index (χ3n) is 1.70. The van der Waals surface area contributed by atoms with Gasteiger partial charge in [-0.25, -0.2) is 0 Å². The van der Waals surface area contributed by atoms with E-state index in [1.54, 1.807) is 7.11 Å². The van der Waals surface area contributed by atoms with E-state index >= 15 is 0 Å². The van der Waals surface area contributed by atoms with Crippen molar-refractivity contribution in [3.63, 3.8) is 0 Å². The molecule has 0 radical (unpaired) electrons. The van der Waals surface area contributed by atoms with E-state index in [9.17, 15) is 0 Å². The number of hydrogen-bond acceptors (Lipinski definition) is 3. The first-order valence-corrected chi connectivity index (χ1v) is 5.65. The maximum absolute atomic E-state index is 5.07. The molecule has 0 spiro atoms. The standard InChI is InChI=1S/C9H8N2OSe/c1-12-8-4-2-7(3-5-8)9-11-10-6-13-9/h2-6H,1H3. The van der Waals surface area contributed by atoms with E-state index in [1.807, 2.05) is 29.3 Å². The topological polar surface area (TPSA) is 35.0 Å². The molecule has 66 valence electrons. The van der Waals surface area contributed by atoms with Crippen molar-refractivity contribution in [1.82, 2.24) is 10.2 Å². The molecule has 3 nitrogen and oxygen atoms in total. The molecule has 1 aromatic heterocycles. The van der Waals surface area contributed by atoms with Crippen LogP contribution in [-0.4, -0.2) is 31.8 Å². The van der Waals surface area contributed by atoms with Crippen LogP contribution in [0.5, 0.6) is 5.75 Å². The van der Waals surface area contributed by atoms with Crippen LogP contribution in [0.25, 0.3) is 10.1 Å². The molecule has 13 heavy (non-hydrogen) atoms. The Labute approximate surface area is 82.1 Å². The van der Waals surface area contributed by atoms with Crippen molar-refractivity contribution in [2.45, 2.75) is 0 Å². The van der Waals surface area contributed by atoms with Gasteiger partial charge in [-0.1, -0.05) is 0 Å². The van der Waals surface area contributed by atoms with Crippen LogP contribution in [0, 0.1) is 0 Å². The fraction of sp³-hybridized carbons (Fsp3) is 0.111. The molecule has 2 rings (SSSR count). The second kappa shape index (κ2) is 3.73. The van der Waals surface area contributed by atoms with Gasteiger partial charge in [0.25, 0.3) is 0 Å². The van der Waals surface area contributed by atoms with Crippen LogP contribution in [0.1, 0.15) is 0 Å². The van der Waals surface area contributed by atoms with Crippen LogP contribution in [0.4, 0.5) is 0 Å². The minimum absolute atomic E-state index is 0.300. The summed E-state index contributed by atoms with van der Waals surface area (Å²) < 4.78 is 6.14. The summed E-state index contributed by atoms with van der Waals surface area (Å²) in [5.74, 6) is 0.871. The molecule has 0 aliphatic heterocycles. The van der Waals surface area contributed by atoms with Gasteiger partial charge in [0.15, 0.2) is 0 Å². The van der Waals surface area contributed by atoms with E-state index in [2.05, 4.69) is 10.2 Å². The van der Waals surface area contributed by atoms with Crippen molar-refractivity contribution in [1.29, 1.82) is 0 Å². The van der Waals surface area contributed by atoms with Gasteiger partial charge < -0.3 is 0 Å². The van der Waals surface area contributed by atoms with Gasteiger partial charge in [0, 0.05) is 0 Å². The van der Waals surface area contributed by atoms with E-state index in [0.717, 1.165) is 15.9 Å². The van der Waals surface area contributed by atoms with Crippen molar-refractivity contribution in [3.05, 3.63) is 29.3 Å². The van der Waals surface area contributed by atoms with Gasteiger partial charge in [-0.15, -0.1) is 0 Å². The Kier molecular flexibility index (Phi) is 2.43. The molecule has 0 atom stereocenters. The molecule has 0 amide bonds. The second-order valence-electron chi connectivity index (χ2n) is 2.47. The summed E-state index contributed by atoms with van der Waals surface area (Å²) in [6.07, 6.45) is 0. The van der Waals surface area contributed by atoms with E-state index in [0.29, 0.717) is 14.5 Å². The Morgan fingerprint density at radius 2 is 2.00 bits per heavy atom. The summed E-state index contributed by atoms with van der Waals surface area (Å²) in [6, 6.07) is 7.89. The van der Waals surface area contributed by atoms with Crippen LogP contribution in [0.3, 0.4) is 0 Å². The van der Waals surface area contributed by atoms with Gasteiger partial charge in [0.2, 0.25) is 0 Å². The van der Waals surface area contributed by atoms with Crippen molar-refractivity contribution in [2.75, 3.05) is 7.11 Å². The molecule has 0 unspecified atom stereocenters. The van der Waals surface area contributed by atoms with E-state index in [-0.39, 0.29) is 0 Å². The summed E-state index contributed by atoms with van der Waals surface area (Å²) in [5.41, 5.74) is 1.14. The molecule has 1 heterocycles. The monoisotopic (exact) mass is 240 g/mol. The quantitative estimate of drug-likeness (QED) is 0.739. The predicted molar refractivity (Wildman–Crippen MR) is 51.0 cm³/mol. The number of ether oxygens (including phenoxy) is 1. The Morgan fingerprint density at radius 3 is 2.54 bits per heavy atom. The first kappa shape index (κ1) is 8.48. The third kappa shape index (κ3) is 1.79. The van der Waals surface area contributed by atoms with Crippen LogP contribution in [0.2, 0.25) is 0 Å². The normalized spacial score (nSPS) is 9.92. The van der Waals surface area contributed by atoms with Crippen LogP contribution in [-0.2, 0) is 0 Å². The van der Waals surface area contributed by atoms with E-state index < -0.39 is 0 Å². The molecule has 0 N–H and O–H groups in total. The molecular formula is C9H8N2OSe. The Bertz CT molecular complexity index is 369. The summed E-state index contributed by atoms with van der Waals surface area (Å²) in [7, 11) is 1.66. The predicted octanol–water partition coefficient (Wildman–Crippen LogP) is 1.21. The van der Waals surface area contributed by atoms with Gasteiger partial charge in [-0.05, 0) is 0 Å². The van der Waals surface area contributed by atoms with Gasteiger partial charge in [0.1, 0.15) is 0 Å². The summed E-state index contributed by atoms with van der Waals surface area (Å²) in [6.45, 7) is 0. The van der Waals surface area contributed by atoms with Gasteiger partial charge >= 0.3 is 81.8 Å². The average Bonchev–Trinajstić information content (AvgIpc) is 2.71. The fourth-order valence-corrected chi connectivity index (χ4v) is 2.21. The molecule has 0 saturated heterocycles. The summed E-state index contributed by atoms with van der Waals surface area (Å²) in [4.78, 5) is 0. The molecule has 0 aliphatic carbocycles. The number of rotatable bonds is 2. The van der Waals surface area contributed by atoms with E-state index in [1.165, 1.54) is 0 Å². The summed E-state index contributed by atoms with van der Waals surface area (Å²) >= 11 is 0.300. The minimum atomic E-state index is 0.300. The second-order valence-corrected chi connectivity index (χ2v) is 4.22. The molecule has 0 aliphatic rings. The first-order chi connectivity index (χ1) is 6.40. The fourth-order valence-electron chi connectivity index (χ4n) is 1.03. The maximum atomic E-state index is 5.07. The number of benzene rings is 1. The van der Waals surface area contributed by atoms with Crippen molar-refractivity contribution >= 4 is 14.5 Å². The molecular weight excluding hydrogens is 231 g/mol. The Hall–Kier alpha value is -1.12. The van der Waals surface area contributed by atoms with E-state index in [4.69, 9.17) is 4.74 Å².